The Labute approximate surface area is 160 Å². The summed E-state index contributed by atoms with van der Waals surface area (Å²) < 4.78 is 1.35. The maximum atomic E-state index is 12.1. The summed E-state index contributed by atoms with van der Waals surface area (Å²) in [6.07, 6.45) is 5.83. The normalized spacial score (nSPS) is 13.5. The van der Waals surface area contributed by atoms with Crippen molar-refractivity contribution in [3.8, 4) is 11.3 Å². The zero-order valence-corrected chi connectivity index (χ0v) is 15.3. The van der Waals surface area contributed by atoms with Gasteiger partial charge in [0.2, 0.25) is 0 Å². The molecule has 0 N–H and O–H groups in total. The van der Waals surface area contributed by atoms with Gasteiger partial charge < -0.3 is 4.90 Å². The lowest BCUT2D eigenvalue weighted by Gasteiger charge is -2.30. The molecule has 0 aromatic carbocycles. The molecule has 5 rings (SSSR count). The third kappa shape index (κ3) is 2.79. The van der Waals surface area contributed by atoms with Gasteiger partial charge in [-0.3, -0.25) is 9.78 Å². The predicted molar refractivity (Wildman–Crippen MR) is 104 cm³/mol. The Balaban J connectivity index is 1.54. The highest BCUT2D eigenvalue weighted by molar-refractivity contribution is 5.60. The van der Waals surface area contributed by atoms with Gasteiger partial charge in [-0.1, -0.05) is 0 Å². The molecule has 8 nitrogen and oxygen atoms in total. The van der Waals surface area contributed by atoms with Crippen LogP contribution in [0.5, 0.6) is 0 Å². The Kier molecular flexibility index (Phi) is 3.82. The molecule has 0 unspecified atom stereocenters. The number of aromatic nitrogens is 6. The molecule has 0 bridgehead atoms. The lowest BCUT2D eigenvalue weighted by Crippen LogP contribution is -2.33. The molecular formula is C20H17N7O. The van der Waals surface area contributed by atoms with Gasteiger partial charge in [-0.15, -0.1) is 5.10 Å². The summed E-state index contributed by atoms with van der Waals surface area (Å²) in [5.41, 5.74) is 5.31. The van der Waals surface area contributed by atoms with Crippen molar-refractivity contribution in [1.29, 1.82) is 0 Å². The lowest BCUT2D eigenvalue weighted by atomic mass is 10.0. The fourth-order valence-electron chi connectivity index (χ4n) is 3.56. The molecule has 1 aliphatic heterocycles. The maximum absolute atomic E-state index is 12.1. The number of hydrogen-bond donors (Lipinski definition) is 0. The number of rotatable bonds is 2. The van der Waals surface area contributed by atoms with E-state index in [1.165, 1.54) is 16.8 Å². The zero-order valence-electron chi connectivity index (χ0n) is 15.3. The minimum atomic E-state index is -0.185. The van der Waals surface area contributed by atoms with Gasteiger partial charge in [0.15, 0.2) is 11.5 Å². The first-order valence-corrected chi connectivity index (χ1v) is 9.05. The van der Waals surface area contributed by atoms with Crippen molar-refractivity contribution in [3.05, 3.63) is 76.1 Å². The van der Waals surface area contributed by atoms with Gasteiger partial charge in [-0.25, -0.2) is 4.98 Å². The van der Waals surface area contributed by atoms with Crippen LogP contribution >= 0.6 is 0 Å². The molecule has 0 atom stereocenters. The molecule has 0 amide bonds. The van der Waals surface area contributed by atoms with E-state index in [0.717, 1.165) is 46.9 Å². The van der Waals surface area contributed by atoms with Crippen LogP contribution in [-0.4, -0.2) is 36.3 Å². The van der Waals surface area contributed by atoms with Crippen LogP contribution in [0.4, 0.5) is 5.82 Å². The summed E-state index contributed by atoms with van der Waals surface area (Å²) in [5.74, 6) is 0.790. The van der Waals surface area contributed by atoms with E-state index < -0.39 is 0 Å². The standard InChI is InChI=1S/C20H17N7O/c1-13-9-18-21-7-4-19(28)27(18)25-20(13)26-8-5-16-15(12-26)10-14(11-22-16)17-3-2-6-23-24-17/h2-4,6-7,9-11H,5,8,12H2,1H3. The van der Waals surface area contributed by atoms with E-state index in [-0.39, 0.29) is 5.56 Å². The van der Waals surface area contributed by atoms with Crippen LogP contribution in [0.15, 0.2) is 53.7 Å². The predicted octanol–water partition coefficient (Wildman–Crippen LogP) is 1.81. The summed E-state index contributed by atoms with van der Waals surface area (Å²) in [6.45, 7) is 3.45. The second-order valence-electron chi connectivity index (χ2n) is 6.81. The molecule has 5 heterocycles. The Hall–Kier alpha value is -3.68. The van der Waals surface area contributed by atoms with Gasteiger partial charge in [0.05, 0.1) is 5.69 Å². The van der Waals surface area contributed by atoms with Gasteiger partial charge in [0, 0.05) is 55.4 Å². The molecule has 0 radical (unpaired) electrons. The van der Waals surface area contributed by atoms with Gasteiger partial charge in [0.1, 0.15) is 0 Å². The largest absolute Gasteiger partial charge is 0.350 e. The molecule has 0 spiro atoms. The van der Waals surface area contributed by atoms with Gasteiger partial charge in [0.25, 0.3) is 5.56 Å². The molecule has 0 aliphatic carbocycles. The van der Waals surface area contributed by atoms with Gasteiger partial charge in [-0.2, -0.15) is 14.7 Å². The van der Waals surface area contributed by atoms with Crippen molar-refractivity contribution < 1.29 is 0 Å². The number of anilines is 1. The van der Waals surface area contributed by atoms with Crippen molar-refractivity contribution in [2.75, 3.05) is 11.4 Å². The Morgan fingerprint density at radius 2 is 2.04 bits per heavy atom. The Bertz CT molecular complexity index is 1240. The Morgan fingerprint density at radius 1 is 1.11 bits per heavy atom. The van der Waals surface area contributed by atoms with E-state index in [1.807, 2.05) is 31.3 Å². The van der Waals surface area contributed by atoms with E-state index in [9.17, 15) is 4.79 Å². The summed E-state index contributed by atoms with van der Waals surface area (Å²) in [5, 5.41) is 12.7. The fraction of sp³-hybridized carbons (Fsp3) is 0.200. The molecule has 8 heteroatoms. The summed E-state index contributed by atoms with van der Waals surface area (Å²) in [7, 11) is 0. The second kappa shape index (κ2) is 6.49. The van der Waals surface area contributed by atoms with Crippen molar-refractivity contribution in [2.45, 2.75) is 19.9 Å². The lowest BCUT2D eigenvalue weighted by molar-refractivity contribution is 0.685. The molecule has 4 aromatic heterocycles. The van der Waals surface area contributed by atoms with Gasteiger partial charge in [-0.05, 0) is 42.3 Å². The van der Waals surface area contributed by atoms with E-state index in [1.54, 1.807) is 6.20 Å². The van der Waals surface area contributed by atoms with Crippen LogP contribution in [0, 0.1) is 6.92 Å². The SMILES string of the molecule is Cc1cc2nccc(=O)n2nc1N1CCc2ncc(-c3cccnn3)cc2C1. The first kappa shape index (κ1) is 16.5. The van der Waals surface area contributed by atoms with E-state index >= 15 is 0 Å². The highest BCUT2D eigenvalue weighted by Gasteiger charge is 2.21. The van der Waals surface area contributed by atoms with Crippen LogP contribution in [0.2, 0.25) is 0 Å². The molecule has 1 aliphatic rings. The summed E-state index contributed by atoms with van der Waals surface area (Å²) >= 11 is 0. The first-order chi connectivity index (χ1) is 13.7. The molecule has 28 heavy (non-hydrogen) atoms. The smallest absolute Gasteiger partial charge is 0.274 e. The highest BCUT2D eigenvalue weighted by atomic mass is 16.1. The zero-order chi connectivity index (χ0) is 19.1. The van der Waals surface area contributed by atoms with Gasteiger partial charge >= 0.3 is 0 Å². The molecule has 0 saturated carbocycles. The molecule has 0 fully saturated rings. The quantitative estimate of drug-likeness (QED) is 0.531. The van der Waals surface area contributed by atoms with Crippen molar-refractivity contribution in [2.24, 2.45) is 0 Å². The fourth-order valence-corrected chi connectivity index (χ4v) is 3.56. The minimum absolute atomic E-state index is 0.185. The summed E-state index contributed by atoms with van der Waals surface area (Å²) in [6, 6.07) is 9.21. The Morgan fingerprint density at radius 3 is 2.89 bits per heavy atom. The number of hydrogen-bond acceptors (Lipinski definition) is 7. The highest BCUT2D eigenvalue weighted by Crippen LogP contribution is 2.27. The number of aryl methyl sites for hydroxylation is 1. The van der Waals surface area contributed by atoms with Crippen LogP contribution in [0.3, 0.4) is 0 Å². The van der Waals surface area contributed by atoms with Crippen molar-refractivity contribution in [1.82, 2.24) is 29.8 Å². The van der Waals surface area contributed by atoms with E-state index in [0.29, 0.717) is 12.2 Å². The number of fused-ring (bicyclic) bond motifs is 2. The third-order valence-corrected chi connectivity index (χ3v) is 4.95. The maximum Gasteiger partial charge on any atom is 0.274 e. The number of nitrogens with zero attached hydrogens (tertiary/aromatic N) is 7. The molecule has 138 valence electrons. The van der Waals surface area contributed by atoms with Crippen LogP contribution in [0.1, 0.15) is 16.8 Å². The van der Waals surface area contributed by atoms with Crippen molar-refractivity contribution >= 4 is 11.5 Å². The molecule has 0 saturated heterocycles. The summed E-state index contributed by atoms with van der Waals surface area (Å²) in [4.78, 5) is 23.2. The van der Waals surface area contributed by atoms with E-state index in [2.05, 4.69) is 36.2 Å². The average Bonchev–Trinajstić information content (AvgIpc) is 2.73. The topological polar surface area (TPSA) is 89.2 Å². The minimum Gasteiger partial charge on any atom is -0.350 e. The third-order valence-electron chi connectivity index (χ3n) is 4.95. The second-order valence-corrected chi connectivity index (χ2v) is 6.81. The monoisotopic (exact) mass is 371 g/mol. The first-order valence-electron chi connectivity index (χ1n) is 9.05. The van der Waals surface area contributed by atoms with Crippen LogP contribution < -0.4 is 10.5 Å². The van der Waals surface area contributed by atoms with Crippen LogP contribution in [-0.2, 0) is 13.0 Å². The molecular weight excluding hydrogens is 354 g/mol. The molecule has 4 aromatic rings. The van der Waals surface area contributed by atoms with Crippen molar-refractivity contribution in [3.63, 3.8) is 0 Å². The average molecular weight is 371 g/mol. The number of pyridine rings is 1. The van der Waals surface area contributed by atoms with E-state index in [4.69, 9.17) is 0 Å². The van der Waals surface area contributed by atoms with Crippen LogP contribution in [0.25, 0.3) is 16.9 Å².